The van der Waals surface area contributed by atoms with Gasteiger partial charge in [0.15, 0.2) is 0 Å². The minimum absolute atomic E-state index is 0.229. The van der Waals surface area contributed by atoms with Crippen LogP contribution < -0.4 is 5.73 Å². The lowest BCUT2D eigenvalue weighted by atomic mass is 10.0. The SMILES string of the molecule is NC(COC(C(F)(F)F)C(F)(F)F)C1CCOC1. The highest BCUT2D eigenvalue weighted by Crippen LogP contribution is 2.35. The van der Waals surface area contributed by atoms with E-state index in [-0.39, 0.29) is 12.5 Å². The summed E-state index contributed by atoms with van der Waals surface area (Å²) in [5.41, 5.74) is 5.47. The zero-order valence-electron chi connectivity index (χ0n) is 9.22. The molecule has 0 spiro atoms. The minimum Gasteiger partial charge on any atom is -0.381 e. The van der Waals surface area contributed by atoms with E-state index in [1.165, 1.54) is 0 Å². The van der Waals surface area contributed by atoms with Crippen LogP contribution in [0.2, 0.25) is 0 Å². The minimum atomic E-state index is -5.50. The van der Waals surface area contributed by atoms with E-state index >= 15 is 0 Å². The van der Waals surface area contributed by atoms with Gasteiger partial charge in [-0.3, -0.25) is 0 Å². The Morgan fingerprint density at radius 2 is 1.72 bits per heavy atom. The van der Waals surface area contributed by atoms with E-state index in [0.717, 1.165) is 0 Å². The fourth-order valence-electron chi connectivity index (χ4n) is 1.61. The number of halogens is 6. The third-order valence-electron chi connectivity index (χ3n) is 2.62. The predicted molar refractivity (Wildman–Crippen MR) is 48.8 cm³/mol. The second-order valence-corrected chi connectivity index (χ2v) is 4.08. The first-order chi connectivity index (χ1) is 8.12. The van der Waals surface area contributed by atoms with E-state index in [1.807, 2.05) is 0 Å². The number of rotatable bonds is 4. The van der Waals surface area contributed by atoms with Crippen LogP contribution in [-0.2, 0) is 9.47 Å². The molecule has 2 atom stereocenters. The van der Waals surface area contributed by atoms with Crippen LogP contribution in [-0.4, -0.2) is 44.3 Å². The van der Waals surface area contributed by atoms with Crippen LogP contribution in [0, 0.1) is 5.92 Å². The first-order valence-corrected chi connectivity index (χ1v) is 5.20. The Hall–Kier alpha value is -0.540. The molecule has 2 N–H and O–H groups in total. The highest BCUT2D eigenvalue weighted by atomic mass is 19.4. The molecule has 1 saturated heterocycles. The fourth-order valence-corrected chi connectivity index (χ4v) is 1.61. The number of hydrogen-bond acceptors (Lipinski definition) is 3. The molecule has 9 heteroatoms. The van der Waals surface area contributed by atoms with Crippen molar-refractivity contribution in [2.75, 3.05) is 19.8 Å². The monoisotopic (exact) mass is 281 g/mol. The maximum Gasteiger partial charge on any atom is 0.423 e. The van der Waals surface area contributed by atoms with Crippen molar-refractivity contribution >= 4 is 0 Å². The Morgan fingerprint density at radius 1 is 1.17 bits per heavy atom. The van der Waals surface area contributed by atoms with Gasteiger partial charge in [-0.05, 0) is 6.42 Å². The molecule has 1 fully saturated rings. The van der Waals surface area contributed by atoms with Crippen molar-refractivity contribution in [3.63, 3.8) is 0 Å². The Bertz CT molecular complexity index is 247. The molecule has 1 heterocycles. The van der Waals surface area contributed by atoms with E-state index in [9.17, 15) is 26.3 Å². The van der Waals surface area contributed by atoms with Crippen molar-refractivity contribution in [1.29, 1.82) is 0 Å². The first-order valence-electron chi connectivity index (χ1n) is 5.20. The summed E-state index contributed by atoms with van der Waals surface area (Å²) in [7, 11) is 0. The lowest BCUT2D eigenvalue weighted by molar-refractivity contribution is -0.322. The number of nitrogens with two attached hydrogens (primary N) is 1. The Balaban J connectivity index is 2.52. The van der Waals surface area contributed by atoms with Gasteiger partial charge in [0.25, 0.3) is 0 Å². The Labute approximate surface area is 99.2 Å². The topological polar surface area (TPSA) is 44.5 Å². The molecule has 0 aromatic carbocycles. The van der Waals surface area contributed by atoms with Crippen LogP contribution in [0.25, 0.3) is 0 Å². The maximum absolute atomic E-state index is 12.1. The molecule has 18 heavy (non-hydrogen) atoms. The third-order valence-corrected chi connectivity index (χ3v) is 2.62. The van der Waals surface area contributed by atoms with E-state index < -0.39 is 31.1 Å². The molecule has 1 aliphatic heterocycles. The first kappa shape index (κ1) is 15.5. The lowest BCUT2D eigenvalue weighted by Gasteiger charge is -2.26. The summed E-state index contributed by atoms with van der Waals surface area (Å²) < 4.78 is 81.7. The average molecular weight is 281 g/mol. The van der Waals surface area contributed by atoms with Gasteiger partial charge < -0.3 is 15.2 Å². The van der Waals surface area contributed by atoms with Crippen molar-refractivity contribution in [3.8, 4) is 0 Å². The molecule has 0 radical (unpaired) electrons. The lowest BCUT2D eigenvalue weighted by Crippen LogP contribution is -2.47. The number of ether oxygens (including phenoxy) is 2. The molecule has 0 aromatic rings. The maximum atomic E-state index is 12.1. The fraction of sp³-hybridized carbons (Fsp3) is 1.00. The number of hydrogen-bond donors (Lipinski definition) is 1. The van der Waals surface area contributed by atoms with Crippen molar-refractivity contribution in [1.82, 2.24) is 0 Å². The summed E-state index contributed by atoms with van der Waals surface area (Å²) >= 11 is 0. The summed E-state index contributed by atoms with van der Waals surface area (Å²) in [4.78, 5) is 0. The predicted octanol–water partition coefficient (Wildman–Crippen LogP) is 1.86. The third kappa shape index (κ3) is 4.29. The van der Waals surface area contributed by atoms with Crippen LogP contribution >= 0.6 is 0 Å². The number of alkyl halides is 6. The van der Waals surface area contributed by atoms with Gasteiger partial charge in [-0.2, -0.15) is 26.3 Å². The van der Waals surface area contributed by atoms with Gasteiger partial charge in [0, 0.05) is 18.6 Å². The molecule has 0 amide bonds. The van der Waals surface area contributed by atoms with Crippen LogP contribution in [0.4, 0.5) is 26.3 Å². The quantitative estimate of drug-likeness (QED) is 0.800. The molecule has 0 aliphatic carbocycles. The van der Waals surface area contributed by atoms with Gasteiger partial charge in [-0.25, -0.2) is 0 Å². The van der Waals surface area contributed by atoms with E-state index in [2.05, 4.69) is 4.74 Å². The van der Waals surface area contributed by atoms with E-state index in [0.29, 0.717) is 13.0 Å². The van der Waals surface area contributed by atoms with Crippen LogP contribution in [0.1, 0.15) is 6.42 Å². The van der Waals surface area contributed by atoms with Crippen molar-refractivity contribution < 1.29 is 35.8 Å². The van der Waals surface area contributed by atoms with Crippen molar-refractivity contribution in [2.45, 2.75) is 30.9 Å². The molecule has 0 saturated carbocycles. The highest BCUT2D eigenvalue weighted by molar-refractivity contribution is 4.80. The zero-order chi connectivity index (χ0) is 14.0. The van der Waals surface area contributed by atoms with Crippen molar-refractivity contribution in [2.24, 2.45) is 11.7 Å². The molecule has 0 aromatic heterocycles. The van der Waals surface area contributed by atoms with Crippen molar-refractivity contribution in [3.05, 3.63) is 0 Å². The van der Waals surface area contributed by atoms with Crippen LogP contribution in [0.15, 0.2) is 0 Å². The molecule has 1 rings (SSSR count). The Kier molecular flexibility index (Phi) is 4.84. The summed E-state index contributed by atoms with van der Waals surface area (Å²) in [6.07, 6.45) is -14.3. The second kappa shape index (κ2) is 5.62. The van der Waals surface area contributed by atoms with Crippen LogP contribution in [0.3, 0.4) is 0 Å². The van der Waals surface area contributed by atoms with Gasteiger partial charge in [0.2, 0.25) is 6.10 Å². The largest absolute Gasteiger partial charge is 0.423 e. The van der Waals surface area contributed by atoms with E-state index in [4.69, 9.17) is 10.5 Å². The van der Waals surface area contributed by atoms with Gasteiger partial charge in [-0.15, -0.1) is 0 Å². The van der Waals surface area contributed by atoms with Gasteiger partial charge in [0.1, 0.15) is 0 Å². The average Bonchev–Trinajstić information content (AvgIpc) is 2.65. The second-order valence-electron chi connectivity index (χ2n) is 4.08. The van der Waals surface area contributed by atoms with Gasteiger partial charge in [-0.1, -0.05) is 0 Å². The summed E-state index contributed by atoms with van der Waals surface area (Å²) in [6, 6.07) is -0.903. The van der Waals surface area contributed by atoms with Gasteiger partial charge >= 0.3 is 12.4 Å². The van der Waals surface area contributed by atoms with Crippen LogP contribution in [0.5, 0.6) is 0 Å². The summed E-state index contributed by atoms with van der Waals surface area (Å²) in [5.74, 6) is -0.271. The molecule has 2 unspecified atom stereocenters. The molecular formula is C9H13F6NO2. The van der Waals surface area contributed by atoms with E-state index in [1.54, 1.807) is 0 Å². The molecule has 3 nitrogen and oxygen atoms in total. The molecule has 1 aliphatic rings. The molecule has 108 valence electrons. The van der Waals surface area contributed by atoms with Gasteiger partial charge in [0.05, 0.1) is 13.2 Å². The normalized spacial score (nSPS) is 23.7. The highest BCUT2D eigenvalue weighted by Gasteiger charge is 2.58. The standard InChI is InChI=1S/C9H13F6NO2/c10-8(11,12)7(9(13,14)15)18-4-6(16)5-1-2-17-3-5/h5-7H,1-4,16H2. The zero-order valence-corrected chi connectivity index (χ0v) is 9.22. The molecular weight excluding hydrogens is 268 g/mol. The summed E-state index contributed by atoms with van der Waals surface area (Å²) in [5, 5.41) is 0. The molecule has 0 bridgehead atoms. The Morgan fingerprint density at radius 3 is 2.11 bits per heavy atom. The summed E-state index contributed by atoms with van der Waals surface area (Å²) in [6.45, 7) is -0.175. The smallest absolute Gasteiger partial charge is 0.381 e.